The molecule has 0 saturated heterocycles. The molecule has 0 amide bonds. The van der Waals surface area contributed by atoms with Gasteiger partial charge in [-0.1, -0.05) is 12.1 Å². The molecule has 1 atom stereocenters. The van der Waals surface area contributed by atoms with Gasteiger partial charge in [-0.25, -0.2) is 8.42 Å². The Bertz CT molecular complexity index is 818. The summed E-state index contributed by atoms with van der Waals surface area (Å²) in [5.74, 6) is 0. The summed E-state index contributed by atoms with van der Waals surface area (Å²) in [7, 11) is -2.14. The van der Waals surface area contributed by atoms with Gasteiger partial charge in [0, 0.05) is 25.4 Å². The van der Waals surface area contributed by atoms with Gasteiger partial charge in [0.15, 0.2) is 0 Å². The molecule has 2 heterocycles. The van der Waals surface area contributed by atoms with Gasteiger partial charge in [-0.3, -0.25) is 19.4 Å². The zero-order valence-electron chi connectivity index (χ0n) is 11.0. The first kappa shape index (κ1) is 13.5. The summed E-state index contributed by atoms with van der Waals surface area (Å²) < 4.78 is 26.2. The second-order valence-electron chi connectivity index (χ2n) is 4.65. The predicted octanol–water partition coefficient (Wildman–Crippen LogP) is 1.86. The van der Waals surface area contributed by atoms with Crippen molar-refractivity contribution in [1.29, 1.82) is 0 Å². The number of nitrogens with zero attached hydrogens (tertiary/aromatic N) is 3. The molecule has 2 aromatic rings. The lowest BCUT2D eigenvalue weighted by Gasteiger charge is -2.13. The van der Waals surface area contributed by atoms with E-state index in [1.807, 2.05) is 0 Å². The summed E-state index contributed by atoms with van der Waals surface area (Å²) in [6.07, 6.45) is 1.53. The molecule has 8 heteroatoms. The smallest absolute Gasteiger partial charge is 0.269 e. The molecule has 0 bridgehead atoms. The van der Waals surface area contributed by atoms with Crippen LogP contribution in [-0.4, -0.2) is 25.4 Å². The maximum atomic E-state index is 12.5. The Morgan fingerprint density at radius 3 is 2.52 bits per heavy atom. The number of pyridine rings is 1. The van der Waals surface area contributed by atoms with Crippen LogP contribution >= 0.6 is 0 Å². The maximum absolute atomic E-state index is 12.5. The van der Waals surface area contributed by atoms with Crippen molar-refractivity contribution < 1.29 is 13.3 Å². The van der Waals surface area contributed by atoms with Crippen molar-refractivity contribution in [2.45, 2.75) is 5.25 Å². The molecule has 3 rings (SSSR count). The lowest BCUT2D eigenvalue weighted by Crippen LogP contribution is -2.24. The minimum Gasteiger partial charge on any atom is -0.271 e. The lowest BCUT2D eigenvalue weighted by molar-refractivity contribution is -0.384. The average molecular weight is 305 g/mol. The van der Waals surface area contributed by atoms with Crippen LogP contribution in [0.15, 0.2) is 42.6 Å². The topological polar surface area (TPSA) is 93.4 Å². The summed E-state index contributed by atoms with van der Waals surface area (Å²) in [6.45, 7) is 0. The van der Waals surface area contributed by atoms with Gasteiger partial charge >= 0.3 is 0 Å². The van der Waals surface area contributed by atoms with Crippen molar-refractivity contribution >= 4 is 21.4 Å². The number of aromatic nitrogens is 1. The molecule has 0 saturated carbocycles. The fraction of sp³-hybridized carbons (Fsp3) is 0.154. The summed E-state index contributed by atoms with van der Waals surface area (Å²) in [5.41, 5.74) is 1.35. The van der Waals surface area contributed by atoms with Crippen molar-refractivity contribution in [3.8, 4) is 0 Å². The van der Waals surface area contributed by atoms with Crippen molar-refractivity contribution in [3.05, 3.63) is 64.0 Å². The Labute approximate surface area is 121 Å². The van der Waals surface area contributed by atoms with E-state index in [1.165, 1.54) is 41.8 Å². The van der Waals surface area contributed by atoms with Crippen molar-refractivity contribution in [2.24, 2.45) is 0 Å². The van der Waals surface area contributed by atoms with E-state index >= 15 is 0 Å². The first-order chi connectivity index (χ1) is 9.93. The third-order valence-corrected chi connectivity index (χ3v) is 5.54. The van der Waals surface area contributed by atoms with Gasteiger partial charge in [0.25, 0.3) is 5.69 Å². The monoisotopic (exact) mass is 305 g/mol. The molecular weight excluding hydrogens is 294 g/mol. The molecule has 0 radical (unpaired) electrons. The number of non-ortho nitro benzene ring substituents is 1. The van der Waals surface area contributed by atoms with Crippen LogP contribution in [0.3, 0.4) is 0 Å². The van der Waals surface area contributed by atoms with Crippen LogP contribution in [-0.2, 0) is 10.0 Å². The highest BCUT2D eigenvalue weighted by Gasteiger charge is 2.43. The van der Waals surface area contributed by atoms with Gasteiger partial charge in [0.05, 0.1) is 16.3 Å². The summed E-state index contributed by atoms with van der Waals surface area (Å²) >= 11 is 0. The Hall–Kier alpha value is -2.48. The quantitative estimate of drug-likeness (QED) is 0.623. The summed E-state index contributed by atoms with van der Waals surface area (Å²) in [4.78, 5) is 14.3. The number of fused-ring (bicyclic) bond motifs is 1. The highest BCUT2D eigenvalue weighted by Crippen LogP contribution is 2.43. The van der Waals surface area contributed by atoms with E-state index < -0.39 is 20.2 Å². The van der Waals surface area contributed by atoms with Crippen LogP contribution in [0.1, 0.15) is 16.5 Å². The lowest BCUT2D eigenvalue weighted by atomic mass is 10.1. The molecule has 7 nitrogen and oxygen atoms in total. The normalized spacial score (nSPS) is 19.3. The number of benzene rings is 1. The molecule has 0 aliphatic carbocycles. The highest BCUT2D eigenvalue weighted by molar-refractivity contribution is 7.93. The van der Waals surface area contributed by atoms with Crippen LogP contribution in [0.5, 0.6) is 0 Å². The number of rotatable bonds is 2. The number of anilines is 1. The number of hydrogen-bond acceptors (Lipinski definition) is 5. The van der Waals surface area contributed by atoms with E-state index in [-0.39, 0.29) is 5.69 Å². The molecule has 21 heavy (non-hydrogen) atoms. The zero-order chi connectivity index (χ0) is 15.2. The second-order valence-corrected chi connectivity index (χ2v) is 6.70. The van der Waals surface area contributed by atoms with Gasteiger partial charge in [0.2, 0.25) is 10.0 Å². The number of sulfonamides is 1. The van der Waals surface area contributed by atoms with Crippen LogP contribution in [0.4, 0.5) is 11.4 Å². The molecule has 0 N–H and O–H groups in total. The molecular formula is C13H11N3O4S. The van der Waals surface area contributed by atoms with Gasteiger partial charge in [0.1, 0.15) is 5.25 Å². The van der Waals surface area contributed by atoms with E-state index in [1.54, 1.807) is 12.1 Å². The molecule has 108 valence electrons. The minimum atomic E-state index is -3.61. The largest absolute Gasteiger partial charge is 0.271 e. The Kier molecular flexibility index (Phi) is 2.91. The van der Waals surface area contributed by atoms with Crippen LogP contribution in [0, 0.1) is 10.1 Å². The Morgan fingerprint density at radius 1 is 1.24 bits per heavy atom. The minimum absolute atomic E-state index is 0.0799. The Morgan fingerprint density at radius 2 is 1.90 bits per heavy atom. The second kappa shape index (κ2) is 4.52. The molecule has 1 aliphatic rings. The SMILES string of the molecule is CN1c2cccnc2C(c2ccc([N+](=O)[O-])cc2)S1(=O)=O. The van der Waals surface area contributed by atoms with Gasteiger partial charge in [-0.15, -0.1) is 0 Å². The zero-order valence-corrected chi connectivity index (χ0v) is 11.8. The molecule has 1 aromatic carbocycles. The van der Waals surface area contributed by atoms with E-state index in [0.717, 1.165) is 0 Å². The van der Waals surface area contributed by atoms with E-state index in [0.29, 0.717) is 16.9 Å². The first-order valence-electron chi connectivity index (χ1n) is 6.10. The Balaban J connectivity index is 2.15. The first-order valence-corrected chi connectivity index (χ1v) is 7.60. The highest BCUT2D eigenvalue weighted by atomic mass is 32.2. The van der Waals surface area contributed by atoms with Gasteiger partial charge < -0.3 is 0 Å². The average Bonchev–Trinajstić information content (AvgIpc) is 2.67. The van der Waals surface area contributed by atoms with Gasteiger partial charge in [-0.05, 0) is 17.7 Å². The van der Waals surface area contributed by atoms with E-state index in [9.17, 15) is 18.5 Å². The molecule has 1 aromatic heterocycles. The van der Waals surface area contributed by atoms with Crippen LogP contribution in [0.2, 0.25) is 0 Å². The van der Waals surface area contributed by atoms with Crippen molar-refractivity contribution in [3.63, 3.8) is 0 Å². The van der Waals surface area contributed by atoms with E-state index in [2.05, 4.69) is 4.98 Å². The third-order valence-electron chi connectivity index (χ3n) is 3.49. The van der Waals surface area contributed by atoms with Crippen LogP contribution in [0.25, 0.3) is 0 Å². The summed E-state index contributed by atoms with van der Waals surface area (Å²) in [5, 5.41) is 9.75. The van der Waals surface area contributed by atoms with Crippen molar-refractivity contribution in [1.82, 2.24) is 4.98 Å². The van der Waals surface area contributed by atoms with Gasteiger partial charge in [-0.2, -0.15) is 0 Å². The standard InChI is InChI=1S/C13H11N3O4S/c1-15-11-3-2-8-14-12(11)13(21(15,19)20)9-4-6-10(7-5-9)16(17)18/h2-8,13H,1H3. The molecule has 0 spiro atoms. The number of nitro groups is 1. The van der Waals surface area contributed by atoms with Crippen molar-refractivity contribution in [2.75, 3.05) is 11.4 Å². The fourth-order valence-corrected chi connectivity index (χ4v) is 4.12. The van der Waals surface area contributed by atoms with Crippen LogP contribution < -0.4 is 4.31 Å². The molecule has 0 fully saturated rings. The van der Waals surface area contributed by atoms with E-state index in [4.69, 9.17) is 0 Å². The third kappa shape index (κ3) is 1.95. The molecule has 1 aliphatic heterocycles. The maximum Gasteiger partial charge on any atom is 0.269 e. The predicted molar refractivity (Wildman–Crippen MR) is 76.5 cm³/mol. The number of hydrogen-bond donors (Lipinski definition) is 0. The molecule has 1 unspecified atom stereocenters. The number of nitro benzene ring substituents is 1. The fourth-order valence-electron chi connectivity index (χ4n) is 2.41. The summed E-state index contributed by atoms with van der Waals surface area (Å²) in [6, 6.07) is 8.86.